The highest BCUT2D eigenvalue weighted by Crippen LogP contribution is 2.29. The van der Waals surface area contributed by atoms with Crippen molar-refractivity contribution < 1.29 is 9.47 Å². The van der Waals surface area contributed by atoms with Crippen LogP contribution in [0.1, 0.15) is 29.8 Å². The molecule has 1 aromatic heterocycles. The van der Waals surface area contributed by atoms with Crippen LogP contribution in [0.25, 0.3) is 0 Å². The minimum absolute atomic E-state index is 0.0897. The second-order valence-corrected chi connectivity index (χ2v) is 4.67. The molecule has 0 saturated heterocycles. The lowest BCUT2D eigenvalue weighted by Gasteiger charge is -2.20. The lowest BCUT2D eigenvalue weighted by molar-refractivity contribution is 0.382. The molecule has 5 nitrogen and oxygen atoms in total. The summed E-state index contributed by atoms with van der Waals surface area (Å²) in [6.45, 7) is 4.88. The minimum atomic E-state index is -0.0897. The van der Waals surface area contributed by atoms with E-state index in [9.17, 15) is 0 Å². The molecule has 2 rings (SSSR count). The zero-order valence-corrected chi connectivity index (χ0v) is 12.9. The maximum atomic E-state index is 5.41. The molecule has 0 aliphatic heterocycles. The number of hydrogen-bond donors (Lipinski definition) is 1. The third-order valence-electron chi connectivity index (χ3n) is 3.33. The quantitative estimate of drug-likeness (QED) is 0.884. The first-order valence-electron chi connectivity index (χ1n) is 6.94. The smallest absolute Gasteiger partial charge is 0.237 e. The SMILES string of the molecule is CCNC(c1ccc(C)c(OC)c1)c1nccnc1OC. The number of methoxy groups -OCH3 is 2. The van der Waals surface area contributed by atoms with Gasteiger partial charge in [-0.25, -0.2) is 4.98 Å². The van der Waals surface area contributed by atoms with Crippen molar-refractivity contribution in [1.82, 2.24) is 15.3 Å². The monoisotopic (exact) mass is 287 g/mol. The van der Waals surface area contributed by atoms with Gasteiger partial charge in [0, 0.05) is 12.4 Å². The summed E-state index contributed by atoms with van der Waals surface area (Å²) in [5.41, 5.74) is 2.94. The van der Waals surface area contributed by atoms with Gasteiger partial charge in [-0.3, -0.25) is 4.98 Å². The van der Waals surface area contributed by atoms with Crippen LogP contribution in [-0.2, 0) is 0 Å². The maximum Gasteiger partial charge on any atom is 0.237 e. The number of aryl methyl sites for hydroxylation is 1. The first-order valence-corrected chi connectivity index (χ1v) is 6.94. The Morgan fingerprint density at radius 2 is 1.90 bits per heavy atom. The van der Waals surface area contributed by atoms with Crippen LogP contribution in [0.2, 0.25) is 0 Å². The molecule has 1 aromatic carbocycles. The van der Waals surface area contributed by atoms with E-state index in [0.29, 0.717) is 5.88 Å². The van der Waals surface area contributed by atoms with Crippen LogP contribution in [0.4, 0.5) is 0 Å². The van der Waals surface area contributed by atoms with E-state index in [1.165, 1.54) is 0 Å². The van der Waals surface area contributed by atoms with Crippen molar-refractivity contribution in [2.45, 2.75) is 19.9 Å². The molecule has 0 bridgehead atoms. The topological polar surface area (TPSA) is 56.3 Å². The maximum absolute atomic E-state index is 5.41. The Kier molecular flexibility index (Phi) is 5.11. The predicted molar refractivity (Wildman–Crippen MR) is 81.8 cm³/mol. The Morgan fingerprint density at radius 3 is 2.57 bits per heavy atom. The molecule has 2 aromatic rings. The molecule has 112 valence electrons. The van der Waals surface area contributed by atoms with E-state index in [1.54, 1.807) is 26.6 Å². The van der Waals surface area contributed by atoms with Gasteiger partial charge < -0.3 is 14.8 Å². The Hall–Kier alpha value is -2.14. The van der Waals surface area contributed by atoms with Gasteiger partial charge in [-0.2, -0.15) is 0 Å². The molecule has 0 spiro atoms. The van der Waals surface area contributed by atoms with Crippen molar-refractivity contribution in [3.63, 3.8) is 0 Å². The molecule has 0 fully saturated rings. The molecule has 1 atom stereocenters. The van der Waals surface area contributed by atoms with E-state index >= 15 is 0 Å². The number of nitrogens with one attached hydrogen (secondary N) is 1. The molecule has 5 heteroatoms. The highest BCUT2D eigenvalue weighted by atomic mass is 16.5. The van der Waals surface area contributed by atoms with Crippen LogP contribution in [-0.4, -0.2) is 30.7 Å². The fourth-order valence-electron chi connectivity index (χ4n) is 2.28. The van der Waals surface area contributed by atoms with Crippen molar-refractivity contribution in [2.75, 3.05) is 20.8 Å². The van der Waals surface area contributed by atoms with Crippen molar-refractivity contribution >= 4 is 0 Å². The van der Waals surface area contributed by atoms with Crippen molar-refractivity contribution in [1.29, 1.82) is 0 Å². The average Bonchev–Trinajstić information content (AvgIpc) is 2.53. The Morgan fingerprint density at radius 1 is 1.14 bits per heavy atom. The first kappa shape index (κ1) is 15.3. The third-order valence-corrected chi connectivity index (χ3v) is 3.33. The number of aromatic nitrogens is 2. The van der Waals surface area contributed by atoms with Gasteiger partial charge in [0.15, 0.2) is 0 Å². The van der Waals surface area contributed by atoms with Crippen LogP contribution in [0.3, 0.4) is 0 Å². The molecule has 0 amide bonds. The number of benzene rings is 1. The molecule has 0 saturated carbocycles. The lowest BCUT2D eigenvalue weighted by atomic mass is 10.0. The first-order chi connectivity index (χ1) is 10.2. The van der Waals surface area contributed by atoms with Crippen molar-refractivity contribution in [2.24, 2.45) is 0 Å². The van der Waals surface area contributed by atoms with Gasteiger partial charge >= 0.3 is 0 Å². The molecular weight excluding hydrogens is 266 g/mol. The van der Waals surface area contributed by atoms with E-state index in [0.717, 1.165) is 29.1 Å². The standard InChI is InChI=1S/C16H21N3O2/c1-5-17-14(15-16(21-4)19-9-8-18-15)12-7-6-11(2)13(10-12)20-3/h6-10,14,17H,5H2,1-4H3. The van der Waals surface area contributed by atoms with E-state index in [1.807, 2.05) is 19.1 Å². The van der Waals surface area contributed by atoms with Gasteiger partial charge in [-0.15, -0.1) is 0 Å². The summed E-state index contributed by atoms with van der Waals surface area (Å²) >= 11 is 0. The zero-order valence-electron chi connectivity index (χ0n) is 12.9. The second-order valence-electron chi connectivity index (χ2n) is 4.67. The summed E-state index contributed by atoms with van der Waals surface area (Å²) in [6, 6.07) is 6.05. The zero-order chi connectivity index (χ0) is 15.2. The molecule has 0 radical (unpaired) electrons. The van der Waals surface area contributed by atoms with Crippen molar-refractivity contribution in [3.8, 4) is 11.6 Å². The van der Waals surface area contributed by atoms with Gasteiger partial charge in [0.1, 0.15) is 11.4 Å². The Bertz CT molecular complexity index is 602. The lowest BCUT2D eigenvalue weighted by Crippen LogP contribution is -2.24. The van der Waals surface area contributed by atoms with Gasteiger partial charge in [0.2, 0.25) is 5.88 Å². The van der Waals surface area contributed by atoms with Crippen LogP contribution in [0, 0.1) is 6.92 Å². The molecule has 1 N–H and O–H groups in total. The molecule has 0 aliphatic carbocycles. The van der Waals surface area contributed by atoms with Crippen molar-refractivity contribution in [3.05, 3.63) is 47.4 Å². The van der Waals surface area contributed by atoms with E-state index in [4.69, 9.17) is 9.47 Å². The summed E-state index contributed by atoms with van der Waals surface area (Å²) in [5, 5.41) is 3.42. The van der Waals surface area contributed by atoms with Crippen LogP contribution in [0.5, 0.6) is 11.6 Å². The van der Waals surface area contributed by atoms with Gasteiger partial charge in [0.25, 0.3) is 0 Å². The van der Waals surface area contributed by atoms with E-state index < -0.39 is 0 Å². The largest absolute Gasteiger partial charge is 0.496 e. The molecule has 1 unspecified atom stereocenters. The average molecular weight is 287 g/mol. The van der Waals surface area contributed by atoms with Crippen LogP contribution >= 0.6 is 0 Å². The van der Waals surface area contributed by atoms with Gasteiger partial charge in [-0.1, -0.05) is 19.1 Å². The fraction of sp³-hybridized carbons (Fsp3) is 0.375. The fourth-order valence-corrected chi connectivity index (χ4v) is 2.28. The number of hydrogen-bond acceptors (Lipinski definition) is 5. The normalized spacial score (nSPS) is 12.0. The molecular formula is C16H21N3O2. The Balaban J connectivity index is 2.48. The van der Waals surface area contributed by atoms with Crippen LogP contribution in [0.15, 0.2) is 30.6 Å². The summed E-state index contributed by atoms with van der Waals surface area (Å²) in [6.07, 6.45) is 3.30. The van der Waals surface area contributed by atoms with Gasteiger partial charge in [-0.05, 0) is 30.7 Å². The van der Waals surface area contributed by atoms with Crippen LogP contribution < -0.4 is 14.8 Å². The summed E-state index contributed by atoms with van der Waals surface area (Å²) < 4.78 is 10.7. The van der Waals surface area contributed by atoms with Gasteiger partial charge in [0.05, 0.1) is 20.3 Å². The summed E-state index contributed by atoms with van der Waals surface area (Å²) in [4.78, 5) is 8.66. The highest BCUT2D eigenvalue weighted by Gasteiger charge is 2.20. The second kappa shape index (κ2) is 7.04. The minimum Gasteiger partial charge on any atom is -0.496 e. The predicted octanol–water partition coefficient (Wildman–Crippen LogP) is 2.50. The highest BCUT2D eigenvalue weighted by molar-refractivity contribution is 5.41. The Labute approximate surface area is 125 Å². The summed E-state index contributed by atoms with van der Waals surface area (Å²) in [7, 11) is 3.28. The molecule has 1 heterocycles. The molecule has 21 heavy (non-hydrogen) atoms. The van der Waals surface area contributed by atoms with E-state index in [2.05, 4.69) is 28.3 Å². The molecule has 0 aliphatic rings. The number of rotatable bonds is 6. The number of ether oxygens (including phenoxy) is 2. The number of nitrogens with zero attached hydrogens (tertiary/aromatic N) is 2. The summed E-state index contributed by atoms with van der Waals surface area (Å²) in [5.74, 6) is 1.39. The third kappa shape index (κ3) is 3.31. The van der Waals surface area contributed by atoms with E-state index in [-0.39, 0.29) is 6.04 Å².